The van der Waals surface area contributed by atoms with Gasteiger partial charge in [0.15, 0.2) is 0 Å². The lowest BCUT2D eigenvalue weighted by Gasteiger charge is -1.88. The first-order valence-electron chi connectivity index (χ1n) is 4.03. The van der Waals surface area contributed by atoms with Crippen LogP contribution in [0.3, 0.4) is 0 Å². The van der Waals surface area contributed by atoms with E-state index in [1.807, 2.05) is 6.07 Å². The molecule has 0 aliphatic heterocycles. The molecule has 0 saturated carbocycles. The summed E-state index contributed by atoms with van der Waals surface area (Å²) in [6.07, 6.45) is 1.62. The van der Waals surface area contributed by atoms with Crippen LogP contribution in [0.1, 0.15) is 17.6 Å². The zero-order valence-electron chi connectivity index (χ0n) is 7.47. The average Bonchev–Trinajstić information content (AvgIpc) is 2.68. The molecule has 2 aromatic heterocycles. The quantitative estimate of drug-likeness (QED) is 0.666. The fourth-order valence-corrected chi connectivity index (χ4v) is 0.966. The summed E-state index contributed by atoms with van der Waals surface area (Å²) in [7, 11) is 0. The lowest BCUT2D eigenvalue weighted by atomic mass is 10.3. The normalized spacial score (nSPS) is 10.1. The standard InChI is InChI=1S/C9H7N3O2/c1-6(13)9-11-8(12-14-9)7-4-2-3-5-10-7/h2-5H,1H3. The number of carbonyl (C=O) groups is 1. The van der Waals surface area contributed by atoms with Crippen molar-refractivity contribution in [2.45, 2.75) is 6.92 Å². The van der Waals surface area contributed by atoms with Crippen LogP contribution in [-0.4, -0.2) is 20.9 Å². The highest BCUT2D eigenvalue weighted by Gasteiger charge is 2.11. The molecule has 0 unspecified atom stereocenters. The van der Waals surface area contributed by atoms with Crippen molar-refractivity contribution in [2.75, 3.05) is 0 Å². The third kappa shape index (κ3) is 1.52. The highest BCUT2D eigenvalue weighted by molar-refractivity contribution is 5.89. The van der Waals surface area contributed by atoms with Gasteiger partial charge >= 0.3 is 0 Å². The number of carbonyl (C=O) groups excluding carboxylic acids is 1. The van der Waals surface area contributed by atoms with E-state index >= 15 is 0 Å². The molecule has 0 amide bonds. The van der Waals surface area contributed by atoms with E-state index in [9.17, 15) is 4.79 Å². The van der Waals surface area contributed by atoms with E-state index in [4.69, 9.17) is 4.52 Å². The Bertz CT molecular complexity index is 450. The van der Waals surface area contributed by atoms with Gasteiger partial charge in [-0.1, -0.05) is 11.2 Å². The van der Waals surface area contributed by atoms with E-state index < -0.39 is 0 Å². The minimum absolute atomic E-state index is 0.00523. The predicted octanol–water partition coefficient (Wildman–Crippen LogP) is 1.33. The summed E-state index contributed by atoms with van der Waals surface area (Å²) in [6.45, 7) is 1.37. The maximum Gasteiger partial charge on any atom is 0.294 e. The number of ketones is 1. The molecule has 0 radical (unpaired) electrons. The molecule has 2 rings (SSSR count). The SMILES string of the molecule is CC(=O)c1nc(-c2ccccn2)no1. The maximum atomic E-state index is 10.9. The largest absolute Gasteiger partial charge is 0.330 e. The Morgan fingerprint density at radius 1 is 1.43 bits per heavy atom. The average molecular weight is 189 g/mol. The van der Waals surface area contributed by atoms with Gasteiger partial charge in [-0.15, -0.1) is 0 Å². The van der Waals surface area contributed by atoms with Crippen LogP contribution in [-0.2, 0) is 0 Å². The third-order valence-corrected chi connectivity index (χ3v) is 1.62. The van der Waals surface area contributed by atoms with Gasteiger partial charge in [-0.05, 0) is 12.1 Å². The Kier molecular flexibility index (Phi) is 2.06. The molecule has 0 spiro atoms. The number of pyridine rings is 1. The van der Waals surface area contributed by atoms with Crippen molar-refractivity contribution in [3.05, 3.63) is 30.3 Å². The van der Waals surface area contributed by atoms with E-state index in [1.165, 1.54) is 6.92 Å². The number of hydrogen-bond donors (Lipinski definition) is 0. The molecular formula is C9H7N3O2. The van der Waals surface area contributed by atoms with Gasteiger partial charge < -0.3 is 4.52 Å². The fraction of sp³-hybridized carbons (Fsp3) is 0.111. The topological polar surface area (TPSA) is 68.9 Å². The van der Waals surface area contributed by atoms with Crippen molar-refractivity contribution in [1.29, 1.82) is 0 Å². The number of nitrogens with zero attached hydrogens (tertiary/aromatic N) is 3. The van der Waals surface area contributed by atoms with E-state index in [0.717, 1.165) is 0 Å². The first kappa shape index (κ1) is 8.55. The van der Waals surface area contributed by atoms with Gasteiger partial charge in [-0.3, -0.25) is 9.78 Å². The van der Waals surface area contributed by atoms with Crippen LogP contribution in [0.5, 0.6) is 0 Å². The number of Topliss-reactive ketones (excluding diaryl/α,β-unsaturated/α-hetero) is 1. The molecule has 0 N–H and O–H groups in total. The van der Waals surface area contributed by atoms with Crippen LogP contribution >= 0.6 is 0 Å². The summed E-state index contributed by atoms with van der Waals surface area (Å²) in [5, 5.41) is 3.64. The summed E-state index contributed by atoms with van der Waals surface area (Å²) < 4.78 is 4.73. The fourth-order valence-electron chi connectivity index (χ4n) is 0.966. The third-order valence-electron chi connectivity index (χ3n) is 1.62. The number of aromatic nitrogens is 3. The first-order chi connectivity index (χ1) is 6.77. The van der Waals surface area contributed by atoms with Crippen molar-refractivity contribution >= 4 is 5.78 Å². The van der Waals surface area contributed by atoms with E-state index in [-0.39, 0.29) is 11.7 Å². The maximum absolute atomic E-state index is 10.9. The summed E-state index contributed by atoms with van der Waals surface area (Å²) >= 11 is 0. The predicted molar refractivity (Wildman–Crippen MR) is 47.5 cm³/mol. The lowest BCUT2D eigenvalue weighted by Crippen LogP contribution is -1.91. The molecule has 14 heavy (non-hydrogen) atoms. The second kappa shape index (κ2) is 3.37. The van der Waals surface area contributed by atoms with Crippen LogP contribution in [0.4, 0.5) is 0 Å². The van der Waals surface area contributed by atoms with Gasteiger partial charge in [0.1, 0.15) is 5.69 Å². The van der Waals surface area contributed by atoms with Gasteiger partial charge in [-0.2, -0.15) is 4.98 Å². The summed E-state index contributed by atoms with van der Waals surface area (Å²) in [5.41, 5.74) is 0.587. The zero-order chi connectivity index (χ0) is 9.97. The molecule has 5 nitrogen and oxygen atoms in total. The van der Waals surface area contributed by atoms with Gasteiger partial charge in [0.2, 0.25) is 11.6 Å². The smallest absolute Gasteiger partial charge is 0.294 e. The summed E-state index contributed by atoms with van der Waals surface area (Å²) in [5.74, 6) is 0.0844. The Morgan fingerprint density at radius 2 is 2.29 bits per heavy atom. The van der Waals surface area contributed by atoms with Crippen LogP contribution in [0.15, 0.2) is 28.9 Å². The van der Waals surface area contributed by atoms with Crippen molar-refractivity contribution in [2.24, 2.45) is 0 Å². The van der Waals surface area contributed by atoms with Gasteiger partial charge in [0.05, 0.1) is 0 Å². The molecule has 0 atom stereocenters. The molecule has 0 aliphatic carbocycles. The van der Waals surface area contributed by atoms with Crippen LogP contribution in [0.2, 0.25) is 0 Å². The van der Waals surface area contributed by atoms with Crippen LogP contribution in [0.25, 0.3) is 11.5 Å². The molecule has 0 aromatic carbocycles. The molecule has 2 aromatic rings. The second-order valence-electron chi connectivity index (χ2n) is 2.69. The van der Waals surface area contributed by atoms with E-state index in [1.54, 1.807) is 18.3 Å². The Hall–Kier alpha value is -2.04. The highest BCUT2D eigenvalue weighted by Crippen LogP contribution is 2.11. The lowest BCUT2D eigenvalue weighted by molar-refractivity contribution is 0.0972. The molecule has 5 heteroatoms. The number of rotatable bonds is 2. The Morgan fingerprint density at radius 3 is 2.86 bits per heavy atom. The second-order valence-corrected chi connectivity index (χ2v) is 2.69. The molecule has 0 saturated heterocycles. The minimum Gasteiger partial charge on any atom is -0.330 e. The first-order valence-corrected chi connectivity index (χ1v) is 4.03. The zero-order valence-corrected chi connectivity index (χ0v) is 7.47. The van der Waals surface area contributed by atoms with Gasteiger partial charge in [0.25, 0.3) is 5.89 Å². The monoisotopic (exact) mass is 189 g/mol. The highest BCUT2D eigenvalue weighted by atomic mass is 16.5. The summed E-state index contributed by atoms with van der Waals surface area (Å²) in [6, 6.07) is 5.34. The Balaban J connectivity index is 2.39. The van der Waals surface area contributed by atoms with E-state index in [2.05, 4.69) is 15.1 Å². The van der Waals surface area contributed by atoms with E-state index in [0.29, 0.717) is 11.5 Å². The van der Waals surface area contributed by atoms with Crippen LogP contribution in [0, 0.1) is 0 Å². The number of hydrogen-bond acceptors (Lipinski definition) is 5. The molecule has 70 valence electrons. The molecule has 0 bridgehead atoms. The van der Waals surface area contributed by atoms with Crippen LogP contribution < -0.4 is 0 Å². The molecule has 0 aliphatic rings. The molecule has 0 fully saturated rings. The van der Waals surface area contributed by atoms with Crippen molar-refractivity contribution in [3.8, 4) is 11.5 Å². The van der Waals surface area contributed by atoms with Gasteiger partial charge in [-0.25, -0.2) is 0 Å². The van der Waals surface area contributed by atoms with Crippen molar-refractivity contribution in [3.63, 3.8) is 0 Å². The van der Waals surface area contributed by atoms with Crippen molar-refractivity contribution < 1.29 is 9.32 Å². The molecule has 2 heterocycles. The Labute approximate surface area is 79.8 Å². The molecular weight excluding hydrogens is 182 g/mol. The summed E-state index contributed by atoms with van der Waals surface area (Å²) in [4.78, 5) is 18.8. The minimum atomic E-state index is -0.250. The van der Waals surface area contributed by atoms with Gasteiger partial charge in [0, 0.05) is 13.1 Å². The van der Waals surface area contributed by atoms with Crippen molar-refractivity contribution in [1.82, 2.24) is 15.1 Å².